The molecule has 9 nitrogen and oxygen atoms in total. The fourth-order valence-electron chi connectivity index (χ4n) is 4.52. The zero-order valence-corrected chi connectivity index (χ0v) is 18.6. The minimum atomic E-state index is -1.02. The summed E-state index contributed by atoms with van der Waals surface area (Å²) in [5.41, 5.74) is 0.626. The molecule has 1 N–H and O–H groups in total. The van der Waals surface area contributed by atoms with Crippen molar-refractivity contribution in [3.63, 3.8) is 0 Å². The van der Waals surface area contributed by atoms with E-state index in [9.17, 15) is 24.0 Å². The van der Waals surface area contributed by atoms with Gasteiger partial charge in [0.2, 0.25) is 11.8 Å². The molecule has 33 heavy (non-hydrogen) atoms. The van der Waals surface area contributed by atoms with Crippen LogP contribution >= 0.6 is 11.3 Å². The third-order valence-electron chi connectivity index (χ3n) is 6.31. The number of hydrogen-bond acceptors (Lipinski definition) is 7. The molecule has 2 aromatic rings. The van der Waals surface area contributed by atoms with Gasteiger partial charge in [-0.3, -0.25) is 39.1 Å². The highest BCUT2D eigenvalue weighted by Gasteiger charge is 2.44. The molecule has 2 saturated heterocycles. The van der Waals surface area contributed by atoms with Gasteiger partial charge in [-0.15, -0.1) is 11.3 Å². The average Bonchev–Trinajstić information content (AvgIpc) is 3.41. The number of piperazine rings is 1. The quantitative estimate of drug-likeness (QED) is 0.677. The highest BCUT2D eigenvalue weighted by atomic mass is 32.1. The molecule has 3 aliphatic heterocycles. The summed E-state index contributed by atoms with van der Waals surface area (Å²) in [5, 5.41) is 4.23. The number of piperidine rings is 1. The summed E-state index contributed by atoms with van der Waals surface area (Å²) < 4.78 is 0. The van der Waals surface area contributed by atoms with E-state index in [-0.39, 0.29) is 29.9 Å². The van der Waals surface area contributed by atoms with E-state index in [1.54, 1.807) is 22.3 Å². The minimum Gasteiger partial charge on any atom is -0.336 e. The maximum absolute atomic E-state index is 13.1. The lowest BCUT2D eigenvalue weighted by Gasteiger charge is -2.34. The van der Waals surface area contributed by atoms with Crippen LogP contribution in [0.4, 0.5) is 0 Å². The molecule has 1 aromatic carbocycles. The predicted octanol–water partition coefficient (Wildman–Crippen LogP) is 1.11. The van der Waals surface area contributed by atoms with Gasteiger partial charge in [0.15, 0.2) is 0 Å². The highest BCUT2D eigenvalue weighted by Crippen LogP contribution is 2.29. The van der Waals surface area contributed by atoms with Crippen LogP contribution in [0.5, 0.6) is 0 Å². The van der Waals surface area contributed by atoms with Crippen molar-refractivity contribution in [2.45, 2.75) is 25.4 Å². The highest BCUT2D eigenvalue weighted by molar-refractivity contribution is 7.09. The molecule has 4 heterocycles. The molecule has 1 aromatic heterocycles. The molecule has 1 atom stereocenters. The second-order valence-electron chi connectivity index (χ2n) is 8.36. The number of carbonyl (C=O) groups is 5. The first-order valence-electron chi connectivity index (χ1n) is 10.8. The SMILES string of the molecule is O=C1CCC(N2C(=O)c3ccc(C(=O)N4CCN(Cc5cccs5)CC4)cc3C2=O)C(=O)N1. The molecule has 2 fully saturated rings. The lowest BCUT2D eigenvalue weighted by molar-refractivity contribution is -0.136. The van der Waals surface area contributed by atoms with Crippen LogP contribution in [0.2, 0.25) is 0 Å². The van der Waals surface area contributed by atoms with E-state index in [2.05, 4.69) is 21.7 Å². The third-order valence-corrected chi connectivity index (χ3v) is 7.17. The number of benzene rings is 1. The van der Waals surface area contributed by atoms with Crippen LogP contribution in [-0.4, -0.2) is 76.5 Å². The summed E-state index contributed by atoms with van der Waals surface area (Å²) in [6.45, 7) is 3.54. The second-order valence-corrected chi connectivity index (χ2v) is 9.39. The minimum absolute atomic E-state index is 0.0615. The molecule has 5 amide bonds. The second kappa shape index (κ2) is 8.53. The van der Waals surface area contributed by atoms with Crippen LogP contribution in [0, 0.1) is 0 Å². The summed E-state index contributed by atoms with van der Waals surface area (Å²) in [6.07, 6.45) is 0.156. The van der Waals surface area contributed by atoms with Crippen molar-refractivity contribution >= 4 is 40.9 Å². The van der Waals surface area contributed by atoms with Gasteiger partial charge in [-0.2, -0.15) is 0 Å². The number of amides is 5. The summed E-state index contributed by atoms with van der Waals surface area (Å²) in [5.74, 6) is -2.45. The Bertz CT molecular complexity index is 1150. The van der Waals surface area contributed by atoms with Crippen molar-refractivity contribution in [3.8, 4) is 0 Å². The van der Waals surface area contributed by atoms with Gasteiger partial charge in [-0.05, 0) is 36.1 Å². The van der Waals surface area contributed by atoms with Crippen LogP contribution in [0.1, 0.15) is 48.8 Å². The molecule has 10 heteroatoms. The number of carbonyl (C=O) groups excluding carboxylic acids is 5. The van der Waals surface area contributed by atoms with Gasteiger partial charge in [0, 0.05) is 49.6 Å². The summed E-state index contributed by atoms with van der Waals surface area (Å²) in [4.78, 5) is 68.8. The summed E-state index contributed by atoms with van der Waals surface area (Å²) in [6, 6.07) is 7.58. The van der Waals surface area contributed by atoms with E-state index in [4.69, 9.17) is 0 Å². The normalized spacial score (nSPS) is 21.4. The summed E-state index contributed by atoms with van der Waals surface area (Å²) in [7, 11) is 0. The van der Waals surface area contributed by atoms with Gasteiger partial charge in [0.1, 0.15) is 6.04 Å². The summed E-state index contributed by atoms with van der Waals surface area (Å²) >= 11 is 1.72. The number of nitrogens with zero attached hydrogens (tertiary/aromatic N) is 3. The molecule has 0 bridgehead atoms. The zero-order valence-electron chi connectivity index (χ0n) is 17.8. The number of nitrogens with one attached hydrogen (secondary N) is 1. The Kier molecular flexibility index (Phi) is 5.55. The van der Waals surface area contributed by atoms with Crippen LogP contribution in [0.25, 0.3) is 0 Å². The molecular formula is C23H22N4O5S. The Morgan fingerprint density at radius 1 is 1.00 bits per heavy atom. The third kappa shape index (κ3) is 3.96. The zero-order chi connectivity index (χ0) is 23.1. The van der Waals surface area contributed by atoms with Crippen molar-refractivity contribution < 1.29 is 24.0 Å². The molecule has 0 saturated carbocycles. The van der Waals surface area contributed by atoms with Gasteiger partial charge >= 0.3 is 0 Å². The van der Waals surface area contributed by atoms with Gasteiger partial charge < -0.3 is 4.90 Å². The van der Waals surface area contributed by atoms with E-state index >= 15 is 0 Å². The Labute approximate surface area is 193 Å². The van der Waals surface area contributed by atoms with E-state index in [0.717, 1.165) is 24.5 Å². The molecule has 3 aliphatic rings. The topological polar surface area (TPSA) is 107 Å². The van der Waals surface area contributed by atoms with Gasteiger partial charge in [-0.1, -0.05) is 6.07 Å². The molecule has 170 valence electrons. The fourth-order valence-corrected chi connectivity index (χ4v) is 5.26. The van der Waals surface area contributed by atoms with Crippen LogP contribution in [0.15, 0.2) is 35.7 Å². The first-order chi connectivity index (χ1) is 15.9. The van der Waals surface area contributed by atoms with Crippen molar-refractivity contribution in [2.75, 3.05) is 26.2 Å². The van der Waals surface area contributed by atoms with Crippen molar-refractivity contribution in [3.05, 3.63) is 57.3 Å². The number of hydrogen-bond donors (Lipinski definition) is 1. The first kappa shape index (κ1) is 21.5. The number of rotatable bonds is 4. The Hall–Kier alpha value is -3.37. The first-order valence-corrected chi connectivity index (χ1v) is 11.7. The molecule has 1 unspecified atom stereocenters. The van der Waals surface area contributed by atoms with E-state index in [1.807, 2.05) is 6.07 Å². The Morgan fingerprint density at radius 2 is 1.76 bits per heavy atom. The maximum atomic E-state index is 13.1. The van der Waals surface area contributed by atoms with Gasteiger partial charge in [0.05, 0.1) is 11.1 Å². The van der Waals surface area contributed by atoms with Crippen molar-refractivity contribution in [2.24, 2.45) is 0 Å². The van der Waals surface area contributed by atoms with Crippen LogP contribution < -0.4 is 5.32 Å². The largest absolute Gasteiger partial charge is 0.336 e. The van der Waals surface area contributed by atoms with E-state index in [0.29, 0.717) is 18.7 Å². The molecule has 0 radical (unpaired) electrons. The number of thiophene rings is 1. The predicted molar refractivity (Wildman–Crippen MR) is 119 cm³/mol. The van der Waals surface area contributed by atoms with Crippen LogP contribution in [0.3, 0.4) is 0 Å². The number of imide groups is 2. The van der Waals surface area contributed by atoms with Crippen LogP contribution in [-0.2, 0) is 16.1 Å². The fraction of sp³-hybridized carbons (Fsp3) is 0.348. The lowest BCUT2D eigenvalue weighted by atomic mass is 10.0. The molecule has 0 aliphatic carbocycles. The smallest absolute Gasteiger partial charge is 0.262 e. The molecule has 5 rings (SSSR count). The van der Waals surface area contributed by atoms with Gasteiger partial charge in [-0.25, -0.2) is 0 Å². The number of fused-ring (bicyclic) bond motifs is 1. The van der Waals surface area contributed by atoms with E-state index in [1.165, 1.54) is 17.0 Å². The lowest BCUT2D eigenvalue weighted by Crippen LogP contribution is -2.54. The van der Waals surface area contributed by atoms with E-state index < -0.39 is 29.7 Å². The average molecular weight is 467 g/mol. The standard InChI is InChI=1S/C23H22N4O5S/c28-19-6-5-18(20(29)24-19)27-22(31)16-4-3-14(12-17(16)23(27)32)21(30)26-9-7-25(8-10-26)13-15-2-1-11-33-15/h1-4,11-12,18H,5-10,13H2,(H,24,28,29). The Balaban J connectivity index is 1.28. The monoisotopic (exact) mass is 466 g/mol. The maximum Gasteiger partial charge on any atom is 0.262 e. The molecule has 0 spiro atoms. The Morgan fingerprint density at radius 3 is 2.45 bits per heavy atom. The van der Waals surface area contributed by atoms with Gasteiger partial charge in [0.25, 0.3) is 17.7 Å². The van der Waals surface area contributed by atoms with Crippen molar-refractivity contribution in [1.29, 1.82) is 0 Å². The molecular weight excluding hydrogens is 444 g/mol. The van der Waals surface area contributed by atoms with Crippen molar-refractivity contribution in [1.82, 2.24) is 20.0 Å².